The number of aryl methyl sites for hydroxylation is 1. The molecule has 1 aliphatic rings. The van der Waals surface area contributed by atoms with Crippen LogP contribution < -0.4 is 4.90 Å². The van der Waals surface area contributed by atoms with E-state index < -0.39 is 9.84 Å². The molecule has 0 aliphatic carbocycles. The Kier molecular flexibility index (Phi) is 3.48. The molecule has 1 aromatic heterocycles. The van der Waals surface area contributed by atoms with Gasteiger partial charge in [-0.15, -0.1) is 0 Å². The lowest BCUT2D eigenvalue weighted by molar-refractivity contribution is 0.112. The Morgan fingerprint density at radius 2 is 2.06 bits per heavy atom. The fourth-order valence-corrected chi connectivity index (χ4v) is 3.96. The fraction of sp³-hybridized carbons (Fsp3) is 0.600. The number of carbonyl (C=O) groups excluding carboxylic acids is 1. The van der Waals surface area contributed by atoms with E-state index in [2.05, 4.69) is 4.98 Å². The highest BCUT2D eigenvalue weighted by Crippen LogP contribution is 2.26. The topological polar surface area (TPSA) is 67.3 Å². The highest BCUT2D eigenvalue weighted by Gasteiger charge is 2.24. The molecule has 0 radical (unpaired) electrons. The molecule has 0 spiro atoms. The molecule has 1 aromatic rings. The molecule has 94 valence electrons. The molecule has 1 aliphatic heterocycles. The highest BCUT2D eigenvalue weighted by atomic mass is 32.2. The molecule has 7 heteroatoms. The van der Waals surface area contributed by atoms with Crippen molar-refractivity contribution in [1.29, 1.82) is 0 Å². The maximum atomic E-state index is 11.3. The van der Waals surface area contributed by atoms with Crippen molar-refractivity contribution in [3.8, 4) is 0 Å². The highest BCUT2D eigenvalue weighted by molar-refractivity contribution is 7.91. The van der Waals surface area contributed by atoms with E-state index in [1.807, 2.05) is 11.8 Å². The summed E-state index contributed by atoms with van der Waals surface area (Å²) in [5, 5.41) is 0.763. The lowest BCUT2D eigenvalue weighted by Crippen LogP contribution is -2.40. The third-order valence-electron chi connectivity index (χ3n) is 2.77. The number of anilines is 1. The Morgan fingerprint density at radius 1 is 1.41 bits per heavy atom. The molecule has 1 saturated heterocycles. The summed E-state index contributed by atoms with van der Waals surface area (Å²) in [6.45, 7) is 2.89. The molecule has 0 N–H and O–H groups in total. The summed E-state index contributed by atoms with van der Waals surface area (Å²) in [5.41, 5.74) is 0.799. The SMILES string of the molecule is CCc1nc(N2CCS(=O)(=O)CC2)sc1C=O. The van der Waals surface area contributed by atoms with E-state index in [1.54, 1.807) is 0 Å². The van der Waals surface area contributed by atoms with Gasteiger partial charge in [0.15, 0.2) is 21.3 Å². The Balaban J connectivity index is 2.18. The number of carbonyl (C=O) groups is 1. The number of hydrogen-bond acceptors (Lipinski definition) is 6. The summed E-state index contributed by atoms with van der Waals surface area (Å²) in [5.74, 6) is 0.342. The third kappa shape index (κ3) is 2.66. The summed E-state index contributed by atoms with van der Waals surface area (Å²) in [7, 11) is -2.87. The predicted octanol–water partition coefficient (Wildman–Crippen LogP) is 0.753. The lowest BCUT2D eigenvalue weighted by atomic mass is 10.3. The van der Waals surface area contributed by atoms with E-state index in [-0.39, 0.29) is 11.5 Å². The minimum Gasteiger partial charge on any atom is -0.346 e. The first-order valence-corrected chi connectivity index (χ1v) is 8.10. The molecular weight excluding hydrogens is 260 g/mol. The first-order valence-electron chi connectivity index (χ1n) is 5.46. The van der Waals surface area contributed by atoms with Crippen LogP contribution in [0.2, 0.25) is 0 Å². The summed E-state index contributed by atoms with van der Waals surface area (Å²) >= 11 is 1.34. The zero-order chi connectivity index (χ0) is 12.5. The van der Waals surface area contributed by atoms with E-state index in [9.17, 15) is 13.2 Å². The molecule has 17 heavy (non-hydrogen) atoms. The van der Waals surface area contributed by atoms with Crippen LogP contribution in [0, 0.1) is 0 Å². The minimum atomic E-state index is -2.87. The van der Waals surface area contributed by atoms with E-state index in [4.69, 9.17) is 0 Å². The van der Waals surface area contributed by atoms with Crippen LogP contribution in [0.3, 0.4) is 0 Å². The largest absolute Gasteiger partial charge is 0.346 e. The molecule has 0 saturated carbocycles. The van der Waals surface area contributed by atoms with Crippen molar-refractivity contribution in [3.63, 3.8) is 0 Å². The van der Waals surface area contributed by atoms with Crippen LogP contribution >= 0.6 is 11.3 Å². The lowest BCUT2D eigenvalue weighted by Gasteiger charge is -2.25. The second-order valence-electron chi connectivity index (χ2n) is 3.92. The standard InChI is InChI=1S/C10H14N2O3S2/c1-2-8-9(7-13)16-10(11-8)12-3-5-17(14,15)6-4-12/h7H,2-6H2,1H3. The number of hydrogen-bond donors (Lipinski definition) is 0. The van der Waals surface area contributed by atoms with Gasteiger partial charge in [0.05, 0.1) is 22.1 Å². The van der Waals surface area contributed by atoms with Crippen molar-refractivity contribution in [2.75, 3.05) is 29.5 Å². The molecular formula is C10H14N2O3S2. The summed E-state index contributed by atoms with van der Waals surface area (Å²) in [6, 6.07) is 0. The van der Waals surface area contributed by atoms with Gasteiger partial charge in [-0.05, 0) is 6.42 Å². The van der Waals surface area contributed by atoms with Gasteiger partial charge in [0, 0.05) is 13.1 Å². The monoisotopic (exact) mass is 274 g/mol. The predicted molar refractivity (Wildman–Crippen MR) is 67.7 cm³/mol. The van der Waals surface area contributed by atoms with Crippen LogP contribution in [0.5, 0.6) is 0 Å². The first kappa shape index (κ1) is 12.5. The summed E-state index contributed by atoms with van der Waals surface area (Å²) in [4.78, 5) is 17.8. The van der Waals surface area contributed by atoms with Crippen molar-refractivity contribution in [2.45, 2.75) is 13.3 Å². The van der Waals surface area contributed by atoms with Crippen LogP contribution in [-0.4, -0.2) is 44.3 Å². The van der Waals surface area contributed by atoms with Crippen LogP contribution in [0.4, 0.5) is 5.13 Å². The maximum absolute atomic E-state index is 11.3. The molecule has 1 fully saturated rings. The fourth-order valence-electron chi connectivity index (χ4n) is 1.73. The van der Waals surface area contributed by atoms with Crippen LogP contribution in [0.25, 0.3) is 0 Å². The summed E-state index contributed by atoms with van der Waals surface area (Å²) in [6.07, 6.45) is 1.54. The zero-order valence-corrected chi connectivity index (χ0v) is 11.2. The molecule has 2 rings (SSSR count). The normalized spacial score (nSPS) is 19.2. The van der Waals surface area contributed by atoms with Crippen LogP contribution in [-0.2, 0) is 16.3 Å². The van der Waals surface area contributed by atoms with Crippen molar-refractivity contribution < 1.29 is 13.2 Å². The summed E-state index contributed by atoms with van der Waals surface area (Å²) < 4.78 is 22.6. The Labute approximate surface area is 104 Å². The Morgan fingerprint density at radius 3 is 2.53 bits per heavy atom. The molecule has 0 aromatic carbocycles. The molecule has 0 bridgehead atoms. The average Bonchev–Trinajstić information content (AvgIpc) is 2.72. The van der Waals surface area contributed by atoms with E-state index >= 15 is 0 Å². The van der Waals surface area contributed by atoms with Gasteiger partial charge in [0.1, 0.15) is 0 Å². The Bertz CT molecular complexity index is 508. The quantitative estimate of drug-likeness (QED) is 0.761. The van der Waals surface area contributed by atoms with Gasteiger partial charge in [-0.3, -0.25) is 4.79 Å². The van der Waals surface area contributed by atoms with Gasteiger partial charge in [0.2, 0.25) is 0 Å². The minimum absolute atomic E-state index is 0.171. The number of sulfone groups is 1. The van der Waals surface area contributed by atoms with Gasteiger partial charge < -0.3 is 4.90 Å². The molecule has 5 nitrogen and oxygen atoms in total. The van der Waals surface area contributed by atoms with Crippen molar-refractivity contribution in [2.24, 2.45) is 0 Å². The van der Waals surface area contributed by atoms with Gasteiger partial charge in [0.25, 0.3) is 0 Å². The molecule has 0 amide bonds. The second kappa shape index (κ2) is 4.73. The Hall–Kier alpha value is -0.950. The van der Waals surface area contributed by atoms with Gasteiger partial charge in [-0.25, -0.2) is 13.4 Å². The van der Waals surface area contributed by atoms with Gasteiger partial charge >= 0.3 is 0 Å². The van der Waals surface area contributed by atoms with Crippen LogP contribution in [0.15, 0.2) is 0 Å². The number of thiazole rings is 1. The average molecular weight is 274 g/mol. The number of rotatable bonds is 3. The maximum Gasteiger partial charge on any atom is 0.186 e. The van der Waals surface area contributed by atoms with E-state index in [0.29, 0.717) is 18.0 Å². The smallest absolute Gasteiger partial charge is 0.186 e. The number of aldehydes is 1. The van der Waals surface area contributed by atoms with Crippen LogP contribution in [0.1, 0.15) is 22.3 Å². The van der Waals surface area contributed by atoms with Crippen molar-refractivity contribution in [1.82, 2.24) is 4.98 Å². The van der Waals surface area contributed by atoms with Gasteiger partial charge in [-0.1, -0.05) is 18.3 Å². The van der Waals surface area contributed by atoms with Crippen molar-refractivity contribution in [3.05, 3.63) is 10.6 Å². The number of nitrogens with zero attached hydrogens (tertiary/aromatic N) is 2. The number of aromatic nitrogens is 1. The second-order valence-corrected chi connectivity index (χ2v) is 7.23. The van der Waals surface area contributed by atoms with E-state index in [0.717, 1.165) is 23.5 Å². The van der Waals surface area contributed by atoms with Gasteiger partial charge in [-0.2, -0.15) is 0 Å². The molecule has 0 atom stereocenters. The van der Waals surface area contributed by atoms with E-state index in [1.165, 1.54) is 11.3 Å². The van der Waals surface area contributed by atoms with Crippen molar-refractivity contribution >= 4 is 32.6 Å². The zero-order valence-electron chi connectivity index (χ0n) is 9.55. The third-order valence-corrected chi connectivity index (χ3v) is 5.47. The first-order chi connectivity index (χ1) is 8.05. The molecule has 2 heterocycles. The molecule has 0 unspecified atom stereocenters.